The molecule has 1 fully saturated rings. The first-order valence-electron chi connectivity index (χ1n) is 4.51. The molecule has 1 aliphatic carbocycles. The van der Waals surface area contributed by atoms with Crippen molar-refractivity contribution in [2.75, 3.05) is 0 Å². The van der Waals surface area contributed by atoms with Gasteiger partial charge in [0.05, 0.1) is 23.4 Å². The number of nitriles is 1. The summed E-state index contributed by atoms with van der Waals surface area (Å²) in [6, 6.07) is 2.40. The van der Waals surface area contributed by atoms with E-state index < -0.39 is 0 Å². The van der Waals surface area contributed by atoms with Gasteiger partial charge in [-0.1, -0.05) is 6.42 Å². The fraction of sp³-hybridized carbons (Fsp3) is 0.667. The van der Waals surface area contributed by atoms with Gasteiger partial charge >= 0.3 is 0 Å². The van der Waals surface area contributed by atoms with Gasteiger partial charge in [-0.2, -0.15) is 20.3 Å². The molecule has 0 amide bonds. The van der Waals surface area contributed by atoms with Crippen LogP contribution in [0, 0.1) is 16.7 Å². The van der Waals surface area contributed by atoms with E-state index in [9.17, 15) is 0 Å². The second-order valence-electron chi connectivity index (χ2n) is 3.75. The molecule has 4 heteroatoms. The van der Waals surface area contributed by atoms with Crippen LogP contribution in [0.15, 0.2) is 6.20 Å². The monoisotopic (exact) mass is 176 g/mol. The summed E-state index contributed by atoms with van der Waals surface area (Å²) in [6.45, 7) is 0. The lowest BCUT2D eigenvalue weighted by atomic mass is 9.67. The van der Waals surface area contributed by atoms with Gasteiger partial charge in [0, 0.05) is 13.5 Å². The van der Waals surface area contributed by atoms with Gasteiger partial charge < -0.3 is 0 Å². The maximum absolute atomic E-state index is 9.00. The summed E-state index contributed by atoms with van der Waals surface area (Å²) in [6.07, 6.45) is 5.71. The van der Waals surface area contributed by atoms with E-state index in [4.69, 9.17) is 5.26 Å². The Balaban J connectivity index is 2.09. The molecule has 1 aromatic rings. The molecule has 0 radical (unpaired) electrons. The van der Waals surface area contributed by atoms with E-state index in [1.807, 2.05) is 0 Å². The Labute approximate surface area is 77.2 Å². The smallest absolute Gasteiger partial charge is 0.0843 e. The molecule has 0 atom stereocenters. The van der Waals surface area contributed by atoms with Crippen molar-refractivity contribution in [1.82, 2.24) is 15.0 Å². The van der Waals surface area contributed by atoms with Gasteiger partial charge in [0.1, 0.15) is 0 Å². The highest BCUT2D eigenvalue weighted by molar-refractivity contribution is 5.11. The lowest BCUT2D eigenvalue weighted by molar-refractivity contribution is 0.212. The van der Waals surface area contributed by atoms with Gasteiger partial charge in [0.2, 0.25) is 0 Å². The van der Waals surface area contributed by atoms with E-state index in [1.54, 1.807) is 18.0 Å². The van der Waals surface area contributed by atoms with Gasteiger partial charge in [0.15, 0.2) is 0 Å². The number of hydrogen-bond acceptors (Lipinski definition) is 3. The van der Waals surface area contributed by atoms with Crippen molar-refractivity contribution in [2.24, 2.45) is 12.5 Å². The highest BCUT2D eigenvalue weighted by atomic mass is 15.4. The van der Waals surface area contributed by atoms with Crippen LogP contribution in [0.3, 0.4) is 0 Å². The van der Waals surface area contributed by atoms with Crippen molar-refractivity contribution in [2.45, 2.75) is 25.7 Å². The van der Waals surface area contributed by atoms with Crippen LogP contribution in [0.1, 0.15) is 25.0 Å². The van der Waals surface area contributed by atoms with E-state index in [-0.39, 0.29) is 5.41 Å². The number of nitrogens with zero attached hydrogens (tertiary/aromatic N) is 4. The van der Waals surface area contributed by atoms with Crippen LogP contribution >= 0.6 is 0 Å². The summed E-state index contributed by atoms with van der Waals surface area (Å²) in [4.78, 5) is 1.54. The van der Waals surface area contributed by atoms with Crippen molar-refractivity contribution in [3.05, 3.63) is 11.9 Å². The summed E-state index contributed by atoms with van der Waals surface area (Å²) in [5, 5.41) is 17.2. The maximum Gasteiger partial charge on any atom is 0.0843 e. The second kappa shape index (κ2) is 2.84. The molecule has 0 aliphatic heterocycles. The molecular formula is C9H12N4. The molecule has 0 saturated heterocycles. The molecule has 13 heavy (non-hydrogen) atoms. The molecule has 0 bridgehead atoms. The molecule has 1 saturated carbocycles. The number of aryl methyl sites for hydroxylation is 1. The normalized spacial score (nSPS) is 19.1. The molecular weight excluding hydrogens is 164 g/mol. The minimum absolute atomic E-state index is 0.129. The maximum atomic E-state index is 9.00. The lowest BCUT2D eigenvalue weighted by Crippen LogP contribution is -2.30. The first-order chi connectivity index (χ1) is 6.24. The van der Waals surface area contributed by atoms with Gasteiger partial charge in [0.25, 0.3) is 0 Å². The lowest BCUT2D eigenvalue weighted by Gasteiger charge is -2.34. The van der Waals surface area contributed by atoms with E-state index in [0.29, 0.717) is 0 Å². The van der Waals surface area contributed by atoms with Crippen LogP contribution in [0.5, 0.6) is 0 Å². The predicted octanol–water partition coefficient (Wildman–Crippen LogP) is 1.05. The molecule has 4 nitrogen and oxygen atoms in total. The van der Waals surface area contributed by atoms with Crippen LogP contribution < -0.4 is 0 Å². The average Bonchev–Trinajstić information content (AvgIpc) is 2.44. The summed E-state index contributed by atoms with van der Waals surface area (Å²) < 4.78 is 0. The van der Waals surface area contributed by atoms with Gasteiger partial charge in [-0.15, -0.1) is 0 Å². The van der Waals surface area contributed by atoms with Crippen LogP contribution in [0.25, 0.3) is 0 Å². The Kier molecular flexibility index (Phi) is 1.80. The molecule has 68 valence electrons. The minimum Gasteiger partial charge on any atom is -0.198 e. The third kappa shape index (κ3) is 1.42. The minimum atomic E-state index is -0.129. The topological polar surface area (TPSA) is 54.5 Å². The summed E-state index contributed by atoms with van der Waals surface area (Å²) in [5.41, 5.74) is 0.805. The van der Waals surface area contributed by atoms with Crippen LogP contribution in [-0.4, -0.2) is 15.0 Å². The Morgan fingerprint density at radius 2 is 2.46 bits per heavy atom. The fourth-order valence-corrected chi connectivity index (χ4v) is 1.75. The van der Waals surface area contributed by atoms with E-state index in [0.717, 1.165) is 25.0 Å². The standard InChI is InChI=1S/C9H12N4/c1-13-11-6-8(12-13)5-9(7-10)3-2-4-9/h6H,2-5H2,1H3. The molecule has 1 aromatic heterocycles. The van der Waals surface area contributed by atoms with Crippen LogP contribution in [0.2, 0.25) is 0 Å². The molecule has 1 heterocycles. The van der Waals surface area contributed by atoms with Crippen molar-refractivity contribution in [3.63, 3.8) is 0 Å². The summed E-state index contributed by atoms with van der Waals surface area (Å²) in [7, 11) is 1.79. The molecule has 0 unspecified atom stereocenters. The zero-order chi connectivity index (χ0) is 9.31. The van der Waals surface area contributed by atoms with Crippen molar-refractivity contribution in [1.29, 1.82) is 5.26 Å². The fourth-order valence-electron chi connectivity index (χ4n) is 1.75. The molecule has 0 N–H and O–H groups in total. The molecule has 0 spiro atoms. The Morgan fingerprint density at radius 3 is 2.85 bits per heavy atom. The third-order valence-electron chi connectivity index (χ3n) is 2.71. The third-order valence-corrected chi connectivity index (χ3v) is 2.71. The summed E-state index contributed by atoms with van der Waals surface area (Å²) >= 11 is 0. The highest BCUT2D eigenvalue weighted by Gasteiger charge is 2.37. The first-order valence-corrected chi connectivity index (χ1v) is 4.51. The average molecular weight is 176 g/mol. The first kappa shape index (κ1) is 8.24. The SMILES string of the molecule is Cn1ncc(CC2(C#N)CCC2)n1. The quantitative estimate of drug-likeness (QED) is 0.676. The van der Waals surface area contributed by atoms with Crippen LogP contribution in [0.4, 0.5) is 0 Å². The van der Waals surface area contributed by atoms with Gasteiger partial charge in [-0.05, 0) is 12.8 Å². The van der Waals surface area contributed by atoms with Crippen LogP contribution in [-0.2, 0) is 13.5 Å². The van der Waals surface area contributed by atoms with E-state index in [1.165, 1.54) is 6.42 Å². The Hall–Kier alpha value is -1.37. The van der Waals surface area contributed by atoms with Crippen molar-refractivity contribution in [3.8, 4) is 6.07 Å². The second-order valence-corrected chi connectivity index (χ2v) is 3.75. The zero-order valence-corrected chi connectivity index (χ0v) is 7.69. The van der Waals surface area contributed by atoms with Crippen molar-refractivity contribution >= 4 is 0 Å². The van der Waals surface area contributed by atoms with Crippen molar-refractivity contribution < 1.29 is 0 Å². The number of rotatable bonds is 2. The number of hydrogen-bond donors (Lipinski definition) is 0. The Bertz CT molecular complexity index is 343. The molecule has 0 aromatic carbocycles. The predicted molar refractivity (Wildman–Crippen MR) is 46.6 cm³/mol. The zero-order valence-electron chi connectivity index (χ0n) is 7.69. The van der Waals surface area contributed by atoms with E-state index >= 15 is 0 Å². The molecule has 2 rings (SSSR count). The number of aromatic nitrogens is 3. The molecule has 1 aliphatic rings. The highest BCUT2D eigenvalue weighted by Crippen LogP contribution is 2.42. The summed E-state index contributed by atoms with van der Waals surface area (Å²) in [5.74, 6) is 0. The largest absolute Gasteiger partial charge is 0.198 e. The van der Waals surface area contributed by atoms with Gasteiger partial charge in [-0.3, -0.25) is 0 Å². The van der Waals surface area contributed by atoms with Gasteiger partial charge in [-0.25, -0.2) is 0 Å². The Morgan fingerprint density at radius 1 is 1.69 bits per heavy atom. The van der Waals surface area contributed by atoms with E-state index in [2.05, 4.69) is 16.3 Å².